The normalized spacial score (nSPS) is 18.7. The van der Waals surface area contributed by atoms with Crippen molar-refractivity contribution in [2.45, 2.75) is 90.5 Å². The Kier molecular flexibility index (Phi) is 8.78. The molecule has 0 saturated heterocycles. The van der Waals surface area contributed by atoms with Gasteiger partial charge < -0.3 is 5.32 Å². The lowest BCUT2D eigenvalue weighted by Gasteiger charge is -2.19. The zero-order valence-corrected chi connectivity index (χ0v) is 12.1. The van der Waals surface area contributed by atoms with E-state index in [1.165, 1.54) is 70.6 Å². The minimum Gasteiger partial charge on any atom is -0.314 e. The molecule has 1 aliphatic carbocycles. The van der Waals surface area contributed by atoms with Gasteiger partial charge in [-0.25, -0.2) is 0 Å². The smallest absolute Gasteiger partial charge is 0.00670 e. The molecule has 0 bridgehead atoms. The van der Waals surface area contributed by atoms with Gasteiger partial charge in [0.15, 0.2) is 0 Å². The van der Waals surface area contributed by atoms with Crippen LogP contribution in [0, 0.1) is 5.92 Å². The molecule has 0 amide bonds. The fraction of sp³-hybridized carbons (Fsp3) is 1.00. The summed E-state index contributed by atoms with van der Waals surface area (Å²) in [5, 5.41) is 3.68. The Labute approximate surface area is 109 Å². The fourth-order valence-corrected chi connectivity index (χ4v) is 3.19. The van der Waals surface area contributed by atoms with Crippen molar-refractivity contribution in [1.29, 1.82) is 0 Å². The van der Waals surface area contributed by atoms with Crippen LogP contribution in [0.3, 0.4) is 0 Å². The van der Waals surface area contributed by atoms with Crippen LogP contribution in [0.15, 0.2) is 0 Å². The van der Waals surface area contributed by atoms with Crippen LogP contribution < -0.4 is 5.32 Å². The maximum absolute atomic E-state index is 3.68. The highest BCUT2D eigenvalue weighted by Gasteiger charge is 2.16. The quantitative estimate of drug-likeness (QED) is 0.534. The number of nitrogens with one attached hydrogen (secondary N) is 1. The van der Waals surface area contributed by atoms with Gasteiger partial charge in [0.05, 0.1) is 0 Å². The maximum Gasteiger partial charge on any atom is 0.00670 e. The van der Waals surface area contributed by atoms with Crippen LogP contribution in [0.25, 0.3) is 0 Å². The molecule has 1 nitrogen and oxygen atoms in total. The molecule has 0 aromatic heterocycles. The van der Waals surface area contributed by atoms with Crippen molar-refractivity contribution >= 4 is 0 Å². The average Bonchev–Trinajstić information content (AvgIpc) is 2.84. The molecule has 102 valence electrons. The van der Waals surface area contributed by atoms with E-state index in [4.69, 9.17) is 0 Å². The fourth-order valence-electron chi connectivity index (χ4n) is 3.19. The van der Waals surface area contributed by atoms with Crippen LogP contribution in [0.1, 0.15) is 84.5 Å². The maximum atomic E-state index is 3.68. The van der Waals surface area contributed by atoms with E-state index in [-0.39, 0.29) is 0 Å². The van der Waals surface area contributed by atoms with E-state index in [0.717, 1.165) is 18.5 Å². The van der Waals surface area contributed by atoms with E-state index in [0.29, 0.717) is 0 Å². The summed E-state index contributed by atoms with van der Waals surface area (Å²) in [5.74, 6) is 1.06. The third-order valence-electron chi connectivity index (χ3n) is 4.30. The molecule has 1 saturated carbocycles. The predicted molar refractivity (Wildman–Crippen MR) is 77.4 cm³/mol. The van der Waals surface area contributed by atoms with Gasteiger partial charge in [0.25, 0.3) is 0 Å². The van der Waals surface area contributed by atoms with Gasteiger partial charge in [0, 0.05) is 6.04 Å². The van der Waals surface area contributed by atoms with E-state index in [9.17, 15) is 0 Å². The van der Waals surface area contributed by atoms with Gasteiger partial charge >= 0.3 is 0 Å². The highest BCUT2D eigenvalue weighted by Crippen LogP contribution is 2.29. The lowest BCUT2D eigenvalue weighted by molar-refractivity contribution is 0.384. The molecular formula is C16H33N. The van der Waals surface area contributed by atoms with Crippen LogP contribution >= 0.6 is 0 Å². The number of rotatable bonds is 10. The molecule has 0 aliphatic heterocycles. The molecule has 1 heteroatoms. The number of hydrogen-bond donors (Lipinski definition) is 1. The molecule has 1 fully saturated rings. The van der Waals surface area contributed by atoms with Gasteiger partial charge in [-0.2, -0.15) is 0 Å². The Morgan fingerprint density at radius 2 is 1.76 bits per heavy atom. The summed E-state index contributed by atoms with van der Waals surface area (Å²) in [6.45, 7) is 5.68. The minimum absolute atomic E-state index is 0.803. The van der Waals surface area contributed by atoms with Gasteiger partial charge in [-0.3, -0.25) is 0 Å². The van der Waals surface area contributed by atoms with Crippen LogP contribution in [0.5, 0.6) is 0 Å². The van der Waals surface area contributed by atoms with Crippen molar-refractivity contribution in [3.63, 3.8) is 0 Å². The first-order valence-corrected chi connectivity index (χ1v) is 8.10. The van der Waals surface area contributed by atoms with E-state index < -0.39 is 0 Å². The molecule has 1 unspecified atom stereocenters. The largest absolute Gasteiger partial charge is 0.314 e. The molecule has 0 aromatic carbocycles. The van der Waals surface area contributed by atoms with Gasteiger partial charge in [0.2, 0.25) is 0 Å². The van der Waals surface area contributed by atoms with Gasteiger partial charge in [-0.05, 0) is 31.7 Å². The topological polar surface area (TPSA) is 12.0 Å². The summed E-state index contributed by atoms with van der Waals surface area (Å²) in [4.78, 5) is 0. The highest BCUT2D eigenvalue weighted by molar-refractivity contribution is 4.72. The van der Waals surface area contributed by atoms with Crippen molar-refractivity contribution in [3.05, 3.63) is 0 Å². The molecule has 0 spiro atoms. The van der Waals surface area contributed by atoms with Crippen LogP contribution in [-0.4, -0.2) is 12.6 Å². The van der Waals surface area contributed by atoms with Crippen molar-refractivity contribution in [2.75, 3.05) is 6.54 Å². The van der Waals surface area contributed by atoms with Crippen molar-refractivity contribution in [3.8, 4) is 0 Å². The molecule has 1 N–H and O–H groups in total. The second-order valence-electron chi connectivity index (χ2n) is 5.83. The third-order valence-corrected chi connectivity index (χ3v) is 4.30. The summed E-state index contributed by atoms with van der Waals surface area (Å²) in [5.41, 5.74) is 0. The Balaban J connectivity index is 2.08. The first kappa shape index (κ1) is 15.0. The van der Waals surface area contributed by atoms with Gasteiger partial charge in [0.1, 0.15) is 0 Å². The SMILES string of the molecule is CCCCCCC(CCC1CCCC1)NCC. The molecular weight excluding hydrogens is 206 g/mol. The highest BCUT2D eigenvalue weighted by atomic mass is 14.9. The van der Waals surface area contributed by atoms with Crippen LogP contribution in [0.2, 0.25) is 0 Å². The summed E-state index contributed by atoms with van der Waals surface area (Å²) in [6, 6.07) is 0.803. The first-order chi connectivity index (χ1) is 8.36. The summed E-state index contributed by atoms with van der Waals surface area (Å²) < 4.78 is 0. The Morgan fingerprint density at radius 1 is 1.00 bits per heavy atom. The summed E-state index contributed by atoms with van der Waals surface area (Å²) in [6.07, 6.45) is 15.9. The van der Waals surface area contributed by atoms with Crippen LogP contribution in [-0.2, 0) is 0 Å². The molecule has 1 rings (SSSR count). The van der Waals surface area contributed by atoms with Crippen molar-refractivity contribution < 1.29 is 0 Å². The van der Waals surface area contributed by atoms with Gasteiger partial charge in [-0.15, -0.1) is 0 Å². The summed E-state index contributed by atoms with van der Waals surface area (Å²) >= 11 is 0. The van der Waals surface area contributed by atoms with Crippen LogP contribution in [0.4, 0.5) is 0 Å². The van der Waals surface area contributed by atoms with E-state index in [1.54, 1.807) is 0 Å². The second kappa shape index (κ2) is 9.94. The minimum atomic E-state index is 0.803. The molecule has 0 radical (unpaired) electrons. The number of unbranched alkanes of at least 4 members (excludes halogenated alkanes) is 3. The molecule has 0 aromatic rings. The Bertz CT molecular complexity index is 161. The molecule has 0 heterocycles. The van der Waals surface area contributed by atoms with Crippen molar-refractivity contribution in [2.24, 2.45) is 5.92 Å². The zero-order chi connectivity index (χ0) is 12.3. The lowest BCUT2D eigenvalue weighted by Crippen LogP contribution is -2.29. The lowest BCUT2D eigenvalue weighted by atomic mass is 9.95. The average molecular weight is 239 g/mol. The summed E-state index contributed by atoms with van der Waals surface area (Å²) in [7, 11) is 0. The standard InChI is InChI=1S/C16H33N/c1-3-5-6-7-12-16(17-4-2)14-13-15-10-8-9-11-15/h15-17H,3-14H2,1-2H3. The third kappa shape index (κ3) is 7.08. The molecule has 1 aliphatic rings. The Hall–Kier alpha value is -0.0400. The van der Waals surface area contributed by atoms with E-state index >= 15 is 0 Å². The predicted octanol–water partition coefficient (Wildman–Crippen LogP) is 4.91. The first-order valence-electron chi connectivity index (χ1n) is 8.10. The Morgan fingerprint density at radius 3 is 2.41 bits per heavy atom. The number of hydrogen-bond acceptors (Lipinski definition) is 1. The monoisotopic (exact) mass is 239 g/mol. The van der Waals surface area contributed by atoms with E-state index in [1.807, 2.05) is 0 Å². The van der Waals surface area contributed by atoms with Crippen molar-refractivity contribution in [1.82, 2.24) is 5.32 Å². The molecule has 17 heavy (non-hydrogen) atoms. The second-order valence-corrected chi connectivity index (χ2v) is 5.83. The molecule has 1 atom stereocenters. The van der Waals surface area contributed by atoms with E-state index in [2.05, 4.69) is 19.2 Å². The van der Waals surface area contributed by atoms with Gasteiger partial charge in [-0.1, -0.05) is 65.2 Å². The zero-order valence-electron chi connectivity index (χ0n) is 12.1.